The summed E-state index contributed by atoms with van der Waals surface area (Å²) in [7, 11) is 0. The first-order valence-electron chi connectivity index (χ1n) is 9.97. The molecule has 0 fully saturated rings. The van der Waals surface area contributed by atoms with Crippen LogP contribution in [0.15, 0.2) is 67.3 Å². The SMILES string of the molecule is [2H]C([2H])([2H])[n+]1c2n(c3c4cnccc4n(-c4ccccc4)c31)Cc1ccncc1-2. The van der Waals surface area contributed by atoms with Gasteiger partial charge in [-0.3, -0.25) is 9.97 Å². The summed E-state index contributed by atoms with van der Waals surface area (Å²) >= 11 is 0. The van der Waals surface area contributed by atoms with Crippen molar-refractivity contribution in [1.29, 1.82) is 0 Å². The summed E-state index contributed by atoms with van der Waals surface area (Å²) in [5.41, 5.74) is 5.28. The van der Waals surface area contributed by atoms with Gasteiger partial charge in [-0.05, 0) is 24.3 Å². The summed E-state index contributed by atoms with van der Waals surface area (Å²) < 4.78 is 30.6. The molecule has 26 heavy (non-hydrogen) atoms. The maximum Gasteiger partial charge on any atom is 0.274 e. The normalized spacial score (nSPS) is 14.8. The first-order chi connectivity index (χ1) is 14.1. The molecule has 0 bridgehead atoms. The molecule has 0 N–H and O–H groups in total. The van der Waals surface area contributed by atoms with Gasteiger partial charge in [0, 0.05) is 30.4 Å². The van der Waals surface area contributed by atoms with Gasteiger partial charge in [0.15, 0.2) is 5.52 Å². The number of aryl methyl sites for hydroxylation is 1. The second-order valence-corrected chi connectivity index (χ2v) is 6.51. The highest BCUT2D eigenvalue weighted by Crippen LogP contribution is 2.37. The van der Waals surface area contributed by atoms with Crippen LogP contribution in [0.3, 0.4) is 0 Å². The van der Waals surface area contributed by atoms with Gasteiger partial charge in [0.05, 0.1) is 28.6 Å². The third kappa shape index (κ3) is 1.57. The third-order valence-corrected chi connectivity index (χ3v) is 5.16. The lowest BCUT2D eigenvalue weighted by Gasteiger charge is -2.03. The van der Waals surface area contributed by atoms with E-state index < -0.39 is 6.98 Å². The van der Waals surface area contributed by atoms with E-state index in [0.717, 1.165) is 33.2 Å². The van der Waals surface area contributed by atoms with Crippen molar-refractivity contribution >= 4 is 22.1 Å². The molecule has 1 aromatic carbocycles. The van der Waals surface area contributed by atoms with E-state index in [1.54, 1.807) is 18.6 Å². The van der Waals surface area contributed by atoms with Crippen LogP contribution < -0.4 is 4.57 Å². The van der Waals surface area contributed by atoms with E-state index in [1.807, 2.05) is 53.2 Å². The summed E-state index contributed by atoms with van der Waals surface area (Å²) in [6, 6.07) is 13.7. The van der Waals surface area contributed by atoms with Crippen molar-refractivity contribution in [2.24, 2.45) is 6.98 Å². The molecule has 0 saturated carbocycles. The van der Waals surface area contributed by atoms with Crippen molar-refractivity contribution in [2.45, 2.75) is 6.54 Å². The number of aromatic nitrogens is 5. The van der Waals surface area contributed by atoms with E-state index in [1.165, 1.54) is 4.57 Å². The topological polar surface area (TPSA) is 39.5 Å². The first kappa shape index (κ1) is 11.2. The van der Waals surface area contributed by atoms with Crippen molar-refractivity contribution in [3.05, 3.63) is 72.8 Å². The van der Waals surface area contributed by atoms with E-state index in [4.69, 9.17) is 4.11 Å². The summed E-state index contributed by atoms with van der Waals surface area (Å²) in [6.07, 6.45) is 7.05. The summed E-state index contributed by atoms with van der Waals surface area (Å²) in [4.78, 5) is 8.57. The van der Waals surface area contributed by atoms with E-state index in [-0.39, 0.29) is 0 Å². The van der Waals surface area contributed by atoms with Crippen molar-refractivity contribution < 1.29 is 8.68 Å². The maximum absolute atomic E-state index is 8.35. The number of nitrogens with zero attached hydrogens (tertiary/aromatic N) is 5. The Morgan fingerprint density at radius 2 is 1.88 bits per heavy atom. The molecule has 6 rings (SSSR count). The van der Waals surface area contributed by atoms with Crippen LogP contribution in [0.5, 0.6) is 0 Å². The van der Waals surface area contributed by atoms with Crippen molar-refractivity contribution in [3.8, 4) is 17.1 Å². The predicted octanol–water partition coefficient (Wildman–Crippen LogP) is 3.23. The Labute approximate surface area is 154 Å². The smallest absolute Gasteiger partial charge is 0.264 e. The van der Waals surface area contributed by atoms with Crippen LogP contribution in [0.25, 0.3) is 39.1 Å². The number of imidazole rings is 1. The van der Waals surface area contributed by atoms with E-state index in [0.29, 0.717) is 18.0 Å². The lowest BCUT2D eigenvalue weighted by molar-refractivity contribution is -0.636. The molecule has 5 nitrogen and oxygen atoms in total. The van der Waals surface area contributed by atoms with E-state index in [9.17, 15) is 0 Å². The van der Waals surface area contributed by atoms with Crippen LogP contribution in [0, 0.1) is 0 Å². The molecule has 5 aromatic rings. The van der Waals surface area contributed by atoms with Crippen LogP contribution in [0.1, 0.15) is 9.68 Å². The number of fused-ring (bicyclic) bond motifs is 7. The molecule has 1 aliphatic heterocycles. The van der Waals surface area contributed by atoms with Crippen LogP contribution in [-0.4, -0.2) is 19.1 Å². The Bertz CT molecular complexity index is 1410. The Morgan fingerprint density at radius 3 is 2.77 bits per heavy atom. The minimum Gasteiger partial charge on any atom is -0.264 e. The monoisotopic (exact) mass is 341 g/mol. The molecule has 0 saturated heterocycles. The van der Waals surface area contributed by atoms with Gasteiger partial charge in [0.2, 0.25) is 5.82 Å². The Kier molecular flexibility index (Phi) is 2.06. The number of para-hydroxylation sites is 1. The molecule has 5 heterocycles. The van der Waals surface area contributed by atoms with Gasteiger partial charge in [0.25, 0.3) is 5.65 Å². The fourth-order valence-corrected chi connectivity index (χ4v) is 4.09. The molecule has 0 radical (unpaired) electrons. The highest BCUT2D eigenvalue weighted by atomic mass is 15.2. The van der Waals surface area contributed by atoms with Gasteiger partial charge in [-0.25, -0.2) is 13.7 Å². The van der Waals surface area contributed by atoms with Gasteiger partial charge in [0.1, 0.15) is 11.2 Å². The minimum atomic E-state index is -2.36. The number of hydrogen-bond donors (Lipinski definition) is 0. The highest BCUT2D eigenvalue weighted by molar-refractivity contribution is 6.05. The van der Waals surface area contributed by atoms with E-state index in [2.05, 4.69) is 14.5 Å². The van der Waals surface area contributed by atoms with Crippen LogP contribution in [-0.2, 0) is 13.5 Å². The van der Waals surface area contributed by atoms with Gasteiger partial charge in [-0.15, -0.1) is 0 Å². The zero-order valence-corrected chi connectivity index (χ0v) is 13.8. The minimum absolute atomic E-state index is 0.607. The molecule has 1 aliphatic rings. The average Bonchev–Trinajstić information content (AvgIpc) is 3.34. The lowest BCUT2D eigenvalue weighted by atomic mass is 10.2. The molecular weight excluding hydrogens is 322 g/mol. The Morgan fingerprint density at radius 1 is 1.04 bits per heavy atom. The summed E-state index contributed by atoms with van der Waals surface area (Å²) in [5.74, 6) is 0.661. The number of rotatable bonds is 1. The lowest BCUT2D eigenvalue weighted by Crippen LogP contribution is -2.31. The molecule has 0 aliphatic carbocycles. The van der Waals surface area contributed by atoms with Gasteiger partial charge in [-0.1, -0.05) is 18.2 Å². The summed E-state index contributed by atoms with van der Waals surface area (Å²) in [5, 5.41) is 0.927. The van der Waals surface area contributed by atoms with Gasteiger partial charge in [-0.2, -0.15) is 0 Å². The van der Waals surface area contributed by atoms with Gasteiger partial charge >= 0.3 is 0 Å². The van der Waals surface area contributed by atoms with Crippen LogP contribution in [0.2, 0.25) is 0 Å². The zero-order chi connectivity index (χ0) is 19.8. The standard InChI is InChI=1S/C21H16N5/c1-24-20-16-11-22-9-7-14(16)13-25(20)19-17-12-23-10-8-18(17)26(21(19)24)15-5-3-2-4-6-15/h2-12H,13H2,1H3/q+1/i1D3. The molecule has 4 aromatic heterocycles. The highest BCUT2D eigenvalue weighted by Gasteiger charge is 2.35. The van der Waals surface area contributed by atoms with Crippen molar-refractivity contribution in [3.63, 3.8) is 0 Å². The van der Waals surface area contributed by atoms with Crippen LogP contribution >= 0.6 is 0 Å². The van der Waals surface area contributed by atoms with Crippen molar-refractivity contribution in [1.82, 2.24) is 19.1 Å². The third-order valence-electron chi connectivity index (χ3n) is 5.16. The number of hydrogen-bond acceptors (Lipinski definition) is 2. The second kappa shape index (κ2) is 4.79. The molecule has 124 valence electrons. The second-order valence-electron chi connectivity index (χ2n) is 6.51. The predicted molar refractivity (Wildman–Crippen MR) is 100 cm³/mol. The zero-order valence-electron chi connectivity index (χ0n) is 16.8. The summed E-state index contributed by atoms with van der Waals surface area (Å²) in [6.45, 7) is -1.75. The number of benzene rings is 1. The molecule has 0 atom stereocenters. The van der Waals surface area contributed by atoms with E-state index >= 15 is 0 Å². The molecule has 0 spiro atoms. The van der Waals surface area contributed by atoms with Crippen molar-refractivity contribution in [2.75, 3.05) is 0 Å². The molecular formula is C21H16N5+. The maximum atomic E-state index is 8.35. The Hall–Kier alpha value is -3.47. The average molecular weight is 341 g/mol. The molecule has 0 unspecified atom stereocenters. The Balaban J connectivity index is 1.88. The first-order valence-corrected chi connectivity index (χ1v) is 8.47. The quantitative estimate of drug-likeness (QED) is 0.431. The fourth-order valence-electron chi connectivity index (χ4n) is 4.09. The fraction of sp³-hybridized carbons (Fsp3) is 0.0952. The number of pyridine rings is 2. The molecule has 5 heteroatoms. The van der Waals surface area contributed by atoms with Gasteiger partial charge < -0.3 is 0 Å². The molecule has 0 amide bonds. The largest absolute Gasteiger partial charge is 0.274 e. The van der Waals surface area contributed by atoms with Crippen LogP contribution in [0.4, 0.5) is 0 Å².